The molecule has 0 unspecified atom stereocenters. The molecule has 0 radical (unpaired) electrons. The van der Waals surface area contributed by atoms with Crippen molar-refractivity contribution in [2.45, 2.75) is 18.8 Å². The second kappa shape index (κ2) is 5.61. The summed E-state index contributed by atoms with van der Waals surface area (Å²) in [7, 11) is 1.95. The van der Waals surface area contributed by atoms with Crippen molar-refractivity contribution in [2.24, 2.45) is 7.05 Å². The predicted molar refractivity (Wildman–Crippen MR) is 80.6 cm³/mol. The Bertz CT molecular complexity index is 638. The maximum atomic E-state index is 6.16. The Hall–Kier alpha value is -1.66. The summed E-state index contributed by atoms with van der Waals surface area (Å²) < 4.78 is 7.42. The van der Waals surface area contributed by atoms with Crippen LogP contribution in [0.2, 0.25) is 5.15 Å². The molecule has 0 saturated carbocycles. The molecular formula is C14H18ClN5O. The van der Waals surface area contributed by atoms with E-state index in [-0.39, 0.29) is 5.41 Å². The van der Waals surface area contributed by atoms with E-state index in [1.54, 1.807) is 6.33 Å². The fraction of sp³-hybridized carbons (Fsp3) is 0.500. The SMILES string of the molecule is CCNc1cc(C2(Cc3nncn3C)COC2)cc(Cl)n1. The van der Waals surface area contributed by atoms with Gasteiger partial charge in [0, 0.05) is 25.4 Å². The summed E-state index contributed by atoms with van der Waals surface area (Å²) in [5.74, 6) is 1.74. The van der Waals surface area contributed by atoms with Gasteiger partial charge in [-0.1, -0.05) is 11.6 Å². The van der Waals surface area contributed by atoms with Gasteiger partial charge in [-0.25, -0.2) is 4.98 Å². The zero-order valence-corrected chi connectivity index (χ0v) is 12.9. The largest absolute Gasteiger partial charge is 0.379 e. The van der Waals surface area contributed by atoms with Crippen LogP contribution in [0, 0.1) is 0 Å². The molecule has 3 heterocycles. The van der Waals surface area contributed by atoms with Gasteiger partial charge in [-0.15, -0.1) is 10.2 Å². The number of hydrogen-bond donors (Lipinski definition) is 1. The number of aryl methyl sites for hydroxylation is 1. The van der Waals surface area contributed by atoms with E-state index in [1.807, 2.05) is 30.7 Å². The summed E-state index contributed by atoms with van der Waals surface area (Å²) in [6, 6.07) is 3.97. The first kappa shape index (κ1) is 14.3. The summed E-state index contributed by atoms with van der Waals surface area (Å²) in [4.78, 5) is 4.29. The first-order chi connectivity index (χ1) is 10.1. The second-order valence-corrected chi connectivity index (χ2v) is 5.79. The summed E-state index contributed by atoms with van der Waals surface area (Å²) in [6.07, 6.45) is 2.49. The highest BCUT2D eigenvalue weighted by molar-refractivity contribution is 6.29. The first-order valence-corrected chi connectivity index (χ1v) is 7.33. The highest BCUT2D eigenvalue weighted by Gasteiger charge is 2.42. The van der Waals surface area contributed by atoms with E-state index >= 15 is 0 Å². The van der Waals surface area contributed by atoms with Gasteiger partial charge in [0.25, 0.3) is 0 Å². The van der Waals surface area contributed by atoms with E-state index in [4.69, 9.17) is 16.3 Å². The summed E-state index contributed by atoms with van der Waals surface area (Å²) in [5.41, 5.74) is 1.03. The number of halogens is 1. The lowest BCUT2D eigenvalue weighted by atomic mass is 9.76. The van der Waals surface area contributed by atoms with Crippen LogP contribution in [0.5, 0.6) is 0 Å². The molecule has 2 aromatic rings. The van der Waals surface area contributed by atoms with Crippen LogP contribution in [0.25, 0.3) is 0 Å². The quantitative estimate of drug-likeness (QED) is 0.853. The maximum Gasteiger partial charge on any atom is 0.133 e. The monoisotopic (exact) mass is 307 g/mol. The van der Waals surface area contributed by atoms with Crippen LogP contribution < -0.4 is 5.32 Å². The molecule has 0 aromatic carbocycles. The maximum absolute atomic E-state index is 6.16. The fourth-order valence-electron chi connectivity index (χ4n) is 2.56. The third-order valence-electron chi connectivity index (χ3n) is 3.82. The topological polar surface area (TPSA) is 64.9 Å². The van der Waals surface area contributed by atoms with E-state index in [9.17, 15) is 0 Å². The number of aromatic nitrogens is 4. The number of anilines is 1. The van der Waals surface area contributed by atoms with Crippen molar-refractivity contribution < 1.29 is 4.74 Å². The van der Waals surface area contributed by atoms with Crippen LogP contribution in [0.1, 0.15) is 18.3 Å². The Balaban J connectivity index is 1.94. The molecule has 1 aliphatic heterocycles. The molecule has 0 bridgehead atoms. The molecular weight excluding hydrogens is 290 g/mol. The first-order valence-electron chi connectivity index (χ1n) is 6.95. The molecule has 0 spiro atoms. The van der Waals surface area contributed by atoms with Gasteiger partial charge in [0.2, 0.25) is 0 Å². The predicted octanol–water partition coefficient (Wildman–Crippen LogP) is 1.81. The Kier molecular flexibility index (Phi) is 3.82. The van der Waals surface area contributed by atoms with Crippen LogP contribution >= 0.6 is 11.6 Å². The molecule has 112 valence electrons. The van der Waals surface area contributed by atoms with Gasteiger partial charge in [-0.05, 0) is 24.6 Å². The molecule has 21 heavy (non-hydrogen) atoms. The Morgan fingerprint density at radius 3 is 2.81 bits per heavy atom. The van der Waals surface area contributed by atoms with E-state index < -0.39 is 0 Å². The molecule has 0 aliphatic carbocycles. The Morgan fingerprint density at radius 2 is 2.24 bits per heavy atom. The molecule has 6 nitrogen and oxygen atoms in total. The van der Waals surface area contributed by atoms with Gasteiger partial charge in [0.05, 0.1) is 13.2 Å². The number of ether oxygens (including phenoxy) is 1. The molecule has 0 atom stereocenters. The number of hydrogen-bond acceptors (Lipinski definition) is 5. The molecule has 1 saturated heterocycles. The smallest absolute Gasteiger partial charge is 0.133 e. The highest BCUT2D eigenvalue weighted by Crippen LogP contribution is 2.37. The van der Waals surface area contributed by atoms with Crippen molar-refractivity contribution in [3.05, 3.63) is 35.0 Å². The van der Waals surface area contributed by atoms with Crippen LogP contribution in [0.15, 0.2) is 18.5 Å². The third kappa shape index (κ3) is 2.73. The Morgan fingerprint density at radius 1 is 1.43 bits per heavy atom. The molecule has 7 heteroatoms. The van der Waals surface area contributed by atoms with Crippen LogP contribution in [-0.4, -0.2) is 39.5 Å². The van der Waals surface area contributed by atoms with Crippen molar-refractivity contribution in [3.63, 3.8) is 0 Å². The lowest BCUT2D eigenvalue weighted by molar-refractivity contribution is -0.0611. The molecule has 3 rings (SSSR count). The molecule has 1 fully saturated rings. The van der Waals surface area contributed by atoms with E-state index in [0.717, 1.165) is 30.2 Å². The van der Waals surface area contributed by atoms with E-state index in [0.29, 0.717) is 18.4 Å². The summed E-state index contributed by atoms with van der Waals surface area (Å²) in [6.45, 7) is 4.15. The molecule has 0 amide bonds. The van der Waals surface area contributed by atoms with Gasteiger partial charge in [0.15, 0.2) is 0 Å². The van der Waals surface area contributed by atoms with Crippen molar-refractivity contribution >= 4 is 17.4 Å². The minimum atomic E-state index is -0.0997. The van der Waals surface area contributed by atoms with Gasteiger partial charge in [-0.2, -0.15) is 0 Å². The van der Waals surface area contributed by atoms with Gasteiger partial charge in [0.1, 0.15) is 23.1 Å². The number of nitrogens with zero attached hydrogens (tertiary/aromatic N) is 4. The minimum absolute atomic E-state index is 0.0997. The molecule has 2 aromatic heterocycles. The van der Waals surface area contributed by atoms with Crippen molar-refractivity contribution in [1.82, 2.24) is 19.7 Å². The van der Waals surface area contributed by atoms with E-state index in [2.05, 4.69) is 20.5 Å². The molecule has 1 N–H and O–H groups in total. The van der Waals surface area contributed by atoms with Crippen molar-refractivity contribution in [3.8, 4) is 0 Å². The van der Waals surface area contributed by atoms with Gasteiger partial charge in [-0.3, -0.25) is 0 Å². The van der Waals surface area contributed by atoms with Crippen molar-refractivity contribution in [2.75, 3.05) is 25.1 Å². The highest BCUT2D eigenvalue weighted by atomic mass is 35.5. The second-order valence-electron chi connectivity index (χ2n) is 5.40. The van der Waals surface area contributed by atoms with Gasteiger partial charge >= 0.3 is 0 Å². The van der Waals surface area contributed by atoms with E-state index in [1.165, 1.54) is 0 Å². The lowest BCUT2D eigenvalue weighted by Gasteiger charge is -2.41. The zero-order chi connectivity index (χ0) is 14.9. The van der Waals surface area contributed by atoms with Crippen molar-refractivity contribution in [1.29, 1.82) is 0 Å². The number of nitrogens with one attached hydrogen (secondary N) is 1. The van der Waals surface area contributed by atoms with Gasteiger partial charge < -0.3 is 14.6 Å². The van der Waals surface area contributed by atoms with Crippen LogP contribution in [0.4, 0.5) is 5.82 Å². The van der Waals surface area contributed by atoms with Crippen LogP contribution in [-0.2, 0) is 23.6 Å². The Labute approximate surface area is 128 Å². The minimum Gasteiger partial charge on any atom is -0.379 e. The number of rotatable bonds is 5. The standard InChI is InChI=1S/C14H18ClN5O/c1-3-16-12-5-10(4-11(15)18-12)14(7-21-8-14)6-13-19-17-9-20(13)2/h4-5,9H,3,6-8H2,1-2H3,(H,16,18). The third-order valence-corrected chi connectivity index (χ3v) is 4.02. The number of pyridine rings is 1. The average molecular weight is 308 g/mol. The molecule has 1 aliphatic rings. The summed E-state index contributed by atoms with van der Waals surface area (Å²) >= 11 is 6.16. The normalized spacial score (nSPS) is 16.5. The van der Waals surface area contributed by atoms with Crippen LogP contribution in [0.3, 0.4) is 0 Å². The lowest BCUT2D eigenvalue weighted by Crippen LogP contribution is -2.49. The fourth-order valence-corrected chi connectivity index (χ4v) is 2.77. The average Bonchev–Trinajstić information content (AvgIpc) is 2.79. The zero-order valence-electron chi connectivity index (χ0n) is 12.1. The summed E-state index contributed by atoms with van der Waals surface area (Å²) in [5, 5.41) is 11.8.